The van der Waals surface area contributed by atoms with Crippen molar-refractivity contribution in [2.24, 2.45) is 0 Å². The Morgan fingerprint density at radius 2 is 1.94 bits per heavy atom. The lowest BCUT2D eigenvalue weighted by atomic mass is 10.1. The fourth-order valence-corrected chi connectivity index (χ4v) is 1.52. The van der Waals surface area contributed by atoms with Crippen LogP contribution in [-0.4, -0.2) is 18.0 Å². The number of rotatable bonds is 4. The van der Waals surface area contributed by atoms with E-state index in [9.17, 15) is 4.79 Å². The lowest BCUT2D eigenvalue weighted by Crippen LogP contribution is -2.41. The number of nitrogens with one attached hydrogen (secondary N) is 2. The van der Waals surface area contributed by atoms with E-state index in [0.29, 0.717) is 5.69 Å². The van der Waals surface area contributed by atoms with Crippen LogP contribution in [-0.2, 0) is 4.79 Å². The number of amides is 1. The molecule has 0 aliphatic rings. The first kappa shape index (κ1) is 13.4. The molecule has 0 aliphatic carbocycles. The topological polar surface area (TPSA) is 67.2 Å². The van der Waals surface area contributed by atoms with Gasteiger partial charge in [-0.15, -0.1) is 0 Å². The zero-order valence-corrected chi connectivity index (χ0v) is 10.9. The smallest absolute Gasteiger partial charge is 0.242 e. The van der Waals surface area contributed by atoms with Crippen molar-refractivity contribution in [3.05, 3.63) is 23.8 Å². The molecule has 4 nitrogen and oxygen atoms in total. The molecule has 94 valence electrons. The number of hydrogen-bond acceptors (Lipinski definition) is 3. The SMILES string of the molecule is Cc1ccc(NC(C)C(=O)NC(C)C)c(N)c1. The predicted molar refractivity (Wildman–Crippen MR) is 72.0 cm³/mol. The quantitative estimate of drug-likeness (QED) is 0.698. The molecule has 1 rings (SSSR count). The average Bonchev–Trinajstić information content (AvgIpc) is 2.21. The molecule has 0 spiro atoms. The predicted octanol–water partition coefficient (Wildman–Crippen LogP) is 1.90. The average molecular weight is 235 g/mol. The van der Waals surface area contributed by atoms with Crippen LogP contribution in [0, 0.1) is 6.92 Å². The molecule has 0 fully saturated rings. The van der Waals surface area contributed by atoms with Crippen LogP contribution in [0.1, 0.15) is 26.3 Å². The zero-order valence-electron chi connectivity index (χ0n) is 10.9. The maximum absolute atomic E-state index is 11.7. The first-order chi connectivity index (χ1) is 7.90. The molecule has 0 saturated carbocycles. The molecule has 1 unspecified atom stereocenters. The van der Waals surface area contributed by atoms with Gasteiger partial charge >= 0.3 is 0 Å². The van der Waals surface area contributed by atoms with Gasteiger partial charge in [0.2, 0.25) is 5.91 Å². The molecule has 0 bridgehead atoms. The maximum atomic E-state index is 11.7. The van der Waals surface area contributed by atoms with Crippen LogP contribution < -0.4 is 16.4 Å². The minimum Gasteiger partial charge on any atom is -0.397 e. The van der Waals surface area contributed by atoms with E-state index in [0.717, 1.165) is 11.3 Å². The summed E-state index contributed by atoms with van der Waals surface area (Å²) in [6.07, 6.45) is 0. The van der Waals surface area contributed by atoms with Gasteiger partial charge in [0.25, 0.3) is 0 Å². The highest BCUT2D eigenvalue weighted by atomic mass is 16.2. The summed E-state index contributed by atoms with van der Waals surface area (Å²) in [4.78, 5) is 11.7. The fraction of sp³-hybridized carbons (Fsp3) is 0.462. The lowest BCUT2D eigenvalue weighted by molar-refractivity contribution is -0.122. The Bertz CT molecular complexity index is 402. The van der Waals surface area contributed by atoms with Crippen molar-refractivity contribution in [2.45, 2.75) is 39.8 Å². The van der Waals surface area contributed by atoms with Gasteiger partial charge in [0.1, 0.15) is 6.04 Å². The Morgan fingerprint density at radius 3 is 2.47 bits per heavy atom. The Labute approximate surface area is 103 Å². The van der Waals surface area contributed by atoms with Crippen molar-refractivity contribution < 1.29 is 4.79 Å². The molecule has 1 aromatic carbocycles. The second-order valence-electron chi connectivity index (χ2n) is 4.62. The van der Waals surface area contributed by atoms with E-state index in [1.165, 1.54) is 0 Å². The Morgan fingerprint density at radius 1 is 1.29 bits per heavy atom. The van der Waals surface area contributed by atoms with E-state index in [1.807, 2.05) is 45.9 Å². The summed E-state index contributed by atoms with van der Waals surface area (Å²) in [5.41, 5.74) is 8.44. The summed E-state index contributed by atoms with van der Waals surface area (Å²) >= 11 is 0. The van der Waals surface area contributed by atoms with Gasteiger partial charge in [0, 0.05) is 6.04 Å². The van der Waals surface area contributed by atoms with Crippen molar-refractivity contribution in [1.82, 2.24) is 5.32 Å². The van der Waals surface area contributed by atoms with E-state index in [2.05, 4.69) is 10.6 Å². The van der Waals surface area contributed by atoms with Crippen LogP contribution in [0.25, 0.3) is 0 Å². The zero-order chi connectivity index (χ0) is 13.0. The Balaban J connectivity index is 2.67. The van der Waals surface area contributed by atoms with Crippen molar-refractivity contribution in [3.8, 4) is 0 Å². The second kappa shape index (κ2) is 5.57. The first-order valence-electron chi connectivity index (χ1n) is 5.83. The number of hydrogen-bond donors (Lipinski definition) is 3. The van der Waals surface area contributed by atoms with Gasteiger partial charge in [-0.3, -0.25) is 4.79 Å². The molecule has 1 atom stereocenters. The van der Waals surface area contributed by atoms with E-state index < -0.39 is 0 Å². The van der Waals surface area contributed by atoms with E-state index >= 15 is 0 Å². The molecular weight excluding hydrogens is 214 g/mol. The van der Waals surface area contributed by atoms with Crippen LogP contribution in [0.4, 0.5) is 11.4 Å². The third kappa shape index (κ3) is 3.98. The monoisotopic (exact) mass is 235 g/mol. The van der Waals surface area contributed by atoms with Gasteiger partial charge in [-0.05, 0) is 45.4 Å². The normalized spacial score (nSPS) is 12.3. The van der Waals surface area contributed by atoms with Crippen LogP contribution in [0.2, 0.25) is 0 Å². The second-order valence-corrected chi connectivity index (χ2v) is 4.62. The molecule has 0 aromatic heterocycles. The molecule has 4 heteroatoms. The van der Waals surface area contributed by atoms with Crippen molar-refractivity contribution in [1.29, 1.82) is 0 Å². The lowest BCUT2D eigenvalue weighted by Gasteiger charge is -2.18. The molecule has 4 N–H and O–H groups in total. The highest BCUT2D eigenvalue weighted by Crippen LogP contribution is 2.20. The standard InChI is InChI=1S/C13H21N3O/c1-8(2)15-13(17)10(4)16-12-6-5-9(3)7-11(12)14/h5-8,10,16H,14H2,1-4H3,(H,15,17). The van der Waals surface area contributed by atoms with E-state index in [-0.39, 0.29) is 18.0 Å². The summed E-state index contributed by atoms with van der Waals surface area (Å²) in [7, 11) is 0. The summed E-state index contributed by atoms with van der Waals surface area (Å²) in [6, 6.07) is 5.58. The minimum absolute atomic E-state index is 0.0278. The highest BCUT2D eigenvalue weighted by molar-refractivity contribution is 5.85. The maximum Gasteiger partial charge on any atom is 0.242 e. The molecule has 0 aliphatic heterocycles. The third-order valence-corrected chi connectivity index (χ3v) is 2.40. The minimum atomic E-state index is -0.303. The summed E-state index contributed by atoms with van der Waals surface area (Å²) in [5, 5.41) is 5.96. The van der Waals surface area contributed by atoms with Gasteiger partial charge in [0.05, 0.1) is 11.4 Å². The number of nitrogen functional groups attached to an aromatic ring is 1. The molecule has 0 heterocycles. The van der Waals surface area contributed by atoms with Crippen molar-refractivity contribution in [3.63, 3.8) is 0 Å². The van der Waals surface area contributed by atoms with E-state index in [1.54, 1.807) is 0 Å². The molecule has 0 saturated heterocycles. The summed E-state index contributed by atoms with van der Waals surface area (Å²) < 4.78 is 0. The number of carbonyl (C=O) groups is 1. The first-order valence-corrected chi connectivity index (χ1v) is 5.83. The van der Waals surface area contributed by atoms with Crippen LogP contribution in [0.15, 0.2) is 18.2 Å². The molecular formula is C13H21N3O. The number of nitrogens with two attached hydrogens (primary N) is 1. The Kier molecular flexibility index (Phi) is 4.37. The van der Waals surface area contributed by atoms with Crippen molar-refractivity contribution in [2.75, 3.05) is 11.1 Å². The molecule has 1 amide bonds. The molecule has 0 radical (unpaired) electrons. The van der Waals surface area contributed by atoms with Crippen LogP contribution in [0.3, 0.4) is 0 Å². The van der Waals surface area contributed by atoms with Gasteiger partial charge in [0.15, 0.2) is 0 Å². The third-order valence-electron chi connectivity index (χ3n) is 2.40. The Hall–Kier alpha value is -1.71. The molecule has 1 aromatic rings. The van der Waals surface area contributed by atoms with Gasteiger partial charge in [-0.25, -0.2) is 0 Å². The van der Waals surface area contributed by atoms with Crippen LogP contribution in [0.5, 0.6) is 0 Å². The molecule has 17 heavy (non-hydrogen) atoms. The van der Waals surface area contributed by atoms with Gasteiger partial charge < -0.3 is 16.4 Å². The van der Waals surface area contributed by atoms with Crippen molar-refractivity contribution >= 4 is 17.3 Å². The summed E-state index contributed by atoms with van der Waals surface area (Å²) in [6.45, 7) is 7.67. The van der Waals surface area contributed by atoms with E-state index in [4.69, 9.17) is 5.73 Å². The summed E-state index contributed by atoms with van der Waals surface area (Å²) in [5.74, 6) is -0.0278. The van der Waals surface area contributed by atoms with Crippen LogP contribution >= 0.6 is 0 Å². The largest absolute Gasteiger partial charge is 0.397 e. The highest BCUT2D eigenvalue weighted by Gasteiger charge is 2.14. The number of anilines is 2. The fourth-order valence-electron chi connectivity index (χ4n) is 1.52. The number of aryl methyl sites for hydroxylation is 1. The number of benzene rings is 1. The van der Waals surface area contributed by atoms with Gasteiger partial charge in [-0.1, -0.05) is 6.07 Å². The number of carbonyl (C=O) groups excluding carboxylic acids is 1. The van der Waals surface area contributed by atoms with Gasteiger partial charge in [-0.2, -0.15) is 0 Å².